The standard InChI is InChI=1S/C23H31N5O2S/c29-21-8-4-12-28(21)13-5-11-24-23-25-16-20(31-23)22(30)26-19-9-14-27(15-10-19)17-18-6-2-1-3-7-18/h1-3,6-7,16,19H,4-5,8-15,17H2,(H,24,25)(H,26,30). The zero-order valence-corrected chi connectivity index (χ0v) is 18.7. The molecule has 0 radical (unpaired) electrons. The smallest absolute Gasteiger partial charge is 0.263 e. The van der Waals surface area contributed by atoms with Crippen molar-refractivity contribution >= 4 is 28.3 Å². The molecule has 0 aliphatic carbocycles. The Morgan fingerprint density at radius 2 is 1.97 bits per heavy atom. The van der Waals surface area contributed by atoms with Gasteiger partial charge in [-0.1, -0.05) is 41.7 Å². The van der Waals surface area contributed by atoms with Crippen LogP contribution in [0.3, 0.4) is 0 Å². The first-order chi connectivity index (χ1) is 15.2. The zero-order valence-electron chi connectivity index (χ0n) is 17.9. The summed E-state index contributed by atoms with van der Waals surface area (Å²) in [5, 5.41) is 7.21. The molecule has 2 aliphatic heterocycles. The molecule has 2 N–H and O–H groups in total. The van der Waals surface area contributed by atoms with Gasteiger partial charge >= 0.3 is 0 Å². The van der Waals surface area contributed by atoms with Crippen LogP contribution in [-0.4, -0.2) is 65.4 Å². The van der Waals surface area contributed by atoms with E-state index in [4.69, 9.17) is 0 Å². The summed E-state index contributed by atoms with van der Waals surface area (Å²) in [6.45, 7) is 5.37. The fourth-order valence-corrected chi connectivity index (χ4v) is 4.95. The van der Waals surface area contributed by atoms with Crippen molar-refractivity contribution in [3.8, 4) is 0 Å². The van der Waals surface area contributed by atoms with E-state index in [1.165, 1.54) is 16.9 Å². The third-order valence-corrected chi connectivity index (χ3v) is 6.91. The number of amides is 2. The average Bonchev–Trinajstić information content (AvgIpc) is 3.42. The van der Waals surface area contributed by atoms with E-state index >= 15 is 0 Å². The minimum atomic E-state index is -0.0327. The molecule has 8 heteroatoms. The lowest BCUT2D eigenvalue weighted by molar-refractivity contribution is -0.127. The lowest BCUT2D eigenvalue weighted by Crippen LogP contribution is -2.44. The number of rotatable bonds is 9. The number of nitrogens with zero attached hydrogens (tertiary/aromatic N) is 3. The van der Waals surface area contributed by atoms with Crippen molar-refractivity contribution in [2.45, 2.75) is 44.7 Å². The summed E-state index contributed by atoms with van der Waals surface area (Å²) in [6.07, 6.45) is 6.13. The maximum atomic E-state index is 12.6. The van der Waals surface area contributed by atoms with Crippen molar-refractivity contribution in [3.05, 3.63) is 47.0 Å². The van der Waals surface area contributed by atoms with Crippen LogP contribution in [0, 0.1) is 0 Å². The molecule has 2 fully saturated rings. The largest absolute Gasteiger partial charge is 0.361 e. The Balaban J connectivity index is 1.15. The molecule has 0 atom stereocenters. The third-order valence-electron chi connectivity index (χ3n) is 5.95. The number of nitrogens with one attached hydrogen (secondary N) is 2. The van der Waals surface area contributed by atoms with Gasteiger partial charge in [0.15, 0.2) is 5.13 Å². The third kappa shape index (κ3) is 6.27. The zero-order chi connectivity index (χ0) is 21.5. The number of carbonyl (C=O) groups is 2. The van der Waals surface area contributed by atoms with Gasteiger partial charge in [-0.2, -0.15) is 0 Å². The number of anilines is 1. The Hall–Kier alpha value is -2.45. The van der Waals surface area contributed by atoms with Gasteiger partial charge in [0.1, 0.15) is 4.88 Å². The number of likely N-dealkylation sites (tertiary alicyclic amines) is 2. The van der Waals surface area contributed by atoms with Gasteiger partial charge in [-0.3, -0.25) is 14.5 Å². The van der Waals surface area contributed by atoms with Crippen LogP contribution in [0.2, 0.25) is 0 Å². The Labute approximate surface area is 187 Å². The van der Waals surface area contributed by atoms with Crippen LogP contribution in [0.15, 0.2) is 36.5 Å². The normalized spacial score (nSPS) is 17.8. The highest BCUT2D eigenvalue weighted by Crippen LogP contribution is 2.20. The SMILES string of the molecule is O=C(NC1CCN(Cc2ccccc2)CC1)c1cnc(NCCCN2CCCC2=O)s1. The monoisotopic (exact) mass is 441 g/mol. The highest BCUT2D eigenvalue weighted by Gasteiger charge is 2.22. The molecule has 4 rings (SSSR count). The Kier molecular flexibility index (Phi) is 7.53. The topological polar surface area (TPSA) is 77.6 Å². The summed E-state index contributed by atoms with van der Waals surface area (Å²) >= 11 is 1.39. The summed E-state index contributed by atoms with van der Waals surface area (Å²) in [7, 11) is 0. The Morgan fingerprint density at radius 3 is 2.71 bits per heavy atom. The van der Waals surface area contributed by atoms with Crippen molar-refractivity contribution in [2.24, 2.45) is 0 Å². The number of benzene rings is 1. The van der Waals surface area contributed by atoms with Crippen molar-refractivity contribution < 1.29 is 9.59 Å². The van der Waals surface area contributed by atoms with Gasteiger partial charge in [0.25, 0.3) is 5.91 Å². The average molecular weight is 442 g/mol. The van der Waals surface area contributed by atoms with E-state index in [0.717, 1.165) is 70.1 Å². The van der Waals surface area contributed by atoms with Gasteiger partial charge in [-0.25, -0.2) is 4.98 Å². The van der Waals surface area contributed by atoms with Crippen LogP contribution >= 0.6 is 11.3 Å². The Bertz CT molecular complexity index is 864. The first-order valence-corrected chi connectivity index (χ1v) is 12.0. The summed E-state index contributed by atoms with van der Waals surface area (Å²) in [5.74, 6) is 0.230. The van der Waals surface area contributed by atoms with Crippen molar-refractivity contribution in [1.82, 2.24) is 20.1 Å². The first kappa shape index (κ1) is 21.8. The highest BCUT2D eigenvalue weighted by molar-refractivity contribution is 7.17. The summed E-state index contributed by atoms with van der Waals surface area (Å²) < 4.78 is 0. The molecule has 166 valence electrons. The van der Waals surface area contributed by atoms with Gasteiger partial charge in [-0.15, -0.1) is 0 Å². The molecule has 0 saturated carbocycles. The Morgan fingerprint density at radius 1 is 1.16 bits per heavy atom. The molecule has 3 heterocycles. The maximum absolute atomic E-state index is 12.6. The fourth-order valence-electron chi connectivity index (χ4n) is 4.20. The summed E-state index contributed by atoms with van der Waals surface area (Å²) in [4.78, 5) is 33.6. The van der Waals surface area contributed by atoms with Gasteiger partial charge in [0.05, 0.1) is 6.20 Å². The fraction of sp³-hybridized carbons (Fsp3) is 0.522. The van der Waals surface area contributed by atoms with Crippen molar-refractivity contribution in [2.75, 3.05) is 38.0 Å². The number of hydrogen-bond acceptors (Lipinski definition) is 6. The van der Waals surface area contributed by atoms with Gasteiger partial charge in [0.2, 0.25) is 5.91 Å². The van der Waals surface area contributed by atoms with Crippen LogP contribution < -0.4 is 10.6 Å². The molecule has 2 saturated heterocycles. The van der Waals surface area contributed by atoms with E-state index in [-0.39, 0.29) is 17.9 Å². The van der Waals surface area contributed by atoms with Crippen LogP contribution in [0.4, 0.5) is 5.13 Å². The summed E-state index contributed by atoms with van der Waals surface area (Å²) in [5.41, 5.74) is 1.33. The van der Waals surface area contributed by atoms with E-state index in [0.29, 0.717) is 11.3 Å². The second kappa shape index (κ2) is 10.7. The van der Waals surface area contributed by atoms with Gasteiger partial charge < -0.3 is 15.5 Å². The molecule has 0 spiro atoms. The molecule has 1 aromatic heterocycles. The van der Waals surface area contributed by atoms with Gasteiger partial charge in [0, 0.05) is 51.7 Å². The van der Waals surface area contributed by atoms with E-state index in [2.05, 4.69) is 44.8 Å². The van der Waals surface area contributed by atoms with E-state index in [1.54, 1.807) is 6.20 Å². The highest BCUT2D eigenvalue weighted by atomic mass is 32.1. The second-order valence-electron chi connectivity index (χ2n) is 8.30. The van der Waals surface area contributed by atoms with E-state index in [9.17, 15) is 9.59 Å². The number of thiazole rings is 1. The molecule has 1 aromatic carbocycles. The predicted molar refractivity (Wildman–Crippen MR) is 123 cm³/mol. The molecule has 0 unspecified atom stereocenters. The van der Waals surface area contributed by atoms with Crippen LogP contribution in [0.1, 0.15) is 47.3 Å². The van der Waals surface area contributed by atoms with Crippen LogP contribution in [-0.2, 0) is 11.3 Å². The molecule has 31 heavy (non-hydrogen) atoms. The lowest BCUT2D eigenvalue weighted by atomic mass is 10.0. The predicted octanol–water partition coefficient (Wildman–Crippen LogP) is 2.96. The molecule has 2 aliphatic rings. The molecule has 2 amide bonds. The molecule has 0 bridgehead atoms. The minimum Gasteiger partial charge on any atom is -0.361 e. The number of hydrogen-bond donors (Lipinski definition) is 2. The molecule has 7 nitrogen and oxygen atoms in total. The molecular weight excluding hydrogens is 410 g/mol. The lowest BCUT2D eigenvalue weighted by Gasteiger charge is -2.32. The maximum Gasteiger partial charge on any atom is 0.263 e. The number of aromatic nitrogens is 1. The van der Waals surface area contributed by atoms with E-state index in [1.807, 2.05) is 11.0 Å². The second-order valence-corrected chi connectivity index (χ2v) is 9.33. The summed E-state index contributed by atoms with van der Waals surface area (Å²) in [6, 6.07) is 10.7. The van der Waals surface area contributed by atoms with Crippen molar-refractivity contribution in [3.63, 3.8) is 0 Å². The quantitative estimate of drug-likeness (QED) is 0.585. The van der Waals surface area contributed by atoms with Crippen LogP contribution in [0.5, 0.6) is 0 Å². The minimum absolute atomic E-state index is 0.0327. The number of piperidine rings is 1. The number of carbonyl (C=O) groups excluding carboxylic acids is 2. The van der Waals surface area contributed by atoms with Crippen molar-refractivity contribution in [1.29, 1.82) is 0 Å². The van der Waals surface area contributed by atoms with Gasteiger partial charge in [-0.05, 0) is 31.2 Å². The first-order valence-electron chi connectivity index (χ1n) is 11.2. The molecule has 2 aromatic rings. The van der Waals surface area contributed by atoms with Crippen LogP contribution in [0.25, 0.3) is 0 Å². The molecular formula is C23H31N5O2S. The van der Waals surface area contributed by atoms with E-state index < -0.39 is 0 Å².